The minimum Gasteiger partial charge on any atom is -0.295 e. The van der Waals surface area contributed by atoms with Crippen molar-refractivity contribution in [2.75, 3.05) is 18.5 Å². The van der Waals surface area contributed by atoms with Crippen LogP contribution in [0.1, 0.15) is 34.6 Å². The highest BCUT2D eigenvalue weighted by molar-refractivity contribution is 7.77. The summed E-state index contributed by atoms with van der Waals surface area (Å²) in [6, 6.07) is 0. The lowest BCUT2D eigenvalue weighted by Gasteiger charge is -2.24. The second-order valence-corrected chi connectivity index (χ2v) is 8.09. The van der Waals surface area contributed by atoms with Gasteiger partial charge in [-0.15, -0.1) is 0 Å². The zero-order valence-corrected chi connectivity index (χ0v) is 9.87. The molecule has 72 valence electrons. The van der Waals surface area contributed by atoms with E-state index < -0.39 is 6.89 Å². The number of Topliss-reactive ketones (excluding diaryl/α,β-unsaturated/α-hetero) is 1. The molecule has 2 heteroatoms. The summed E-state index contributed by atoms with van der Waals surface area (Å²) in [4.78, 5) is 11.3. The van der Waals surface area contributed by atoms with Crippen LogP contribution >= 0.6 is 6.89 Å². The lowest BCUT2D eigenvalue weighted by atomic mass is 10.4. The van der Waals surface area contributed by atoms with Crippen molar-refractivity contribution in [1.29, 1.82) is 0 Å². The van der Waals surface area contributed by atoms with E-state index in [0.29, 0.717) is 5.78 Å². The molecule has 0 saturated carbocycles. The molecule has 0 amide bonds. The van der Waals surface area contributed by atoms with Crippen LogP contribution in [-0.4, -0.2) is 29.6 Å². The average molecular weight is 188 g/mol. The third-order valence-corrected chi connectivity index (χ3v) is 8.41. The first kappa shape index (κ1) is 12.0. The molecule has 0 spiro atoms. The van der Waals surface area contributed by atoms with Crippen LogP contribution in [0.25, 0.3) is 0 Å². The highest BCUT2D eigenvalue weighted by Crippen LogP contribution is 2.47. The Hall–Kier alpha value is -0.0300. The Labute approximate surface area is 76.5 Å². The van der Waals surface area contributed by atoms with Gasteiger partial charge in [0.25, 0.3) is 0 Å². The van der Waals surface area contributed by atoms with E-state index >= 15 is 0 Å². The molecule has 12 heavy (non-hydrogen) atoms. The molecule has 0 aliphatic carbocycles. The smallest absolute Gasteiger partial charge is 0.155 e. The van der Waals surface area contributed by atoms with E-state index in [0.717, 1.165) is 5.29 Å². The van der Waals surface area contributed by atoms with E-state index in [2.05, 4.69) is 20.8 Å². The Bertz CT molecular complexity index is 197. The monoisotopic (exact) mass is 188 g/mol. The van der Waals surface area contributed by atoms with Gasteiger partial charge < -0.3 is 0 Å². The average Bonchev–Trinajstić information content (AvgIpc) is 2.08. The Morgan fingerprint density at radius 1 is 1.00 bits per heavy atom. The molecule has 0 aromatic carbocycles. The molecular formula is C10H21OP. The molecule has 0 saturated heterocycles. The van der Waals surface area contributed by atoms with Gasteiger partial charge in [-0.1, -0.05) is 27.7 Å². The standard InChI is InChI=1S/C10H21OP/c1-6-12(7-2,8-3)10(5)9(4)11/h6-8H2,1-5H3. The maximum absolute atomic E-state index is 11.3. The summed E-state index contributed by atoms with van der Waals surface area (Å²) >= 11 is 0. The maximum Gasteiger partial charge on any atom is 0.155 e. The van der Waals surface area contributed by atoms with Crippen LogP contribution in [-0.2, 0) is 4.79 Å². The Morgan fingerprint density at radius 3 is 1.42 bits per heavy atom. The number of ketones is 1. The first-order valence-electron chi connectivity index (χ1n) is 4.75. The summed E-state index contributed by atoms with van der Waals surface area (Å²) < 4.78 is 0. The fourth-order valence-corrected chi connectivity index (χ4v) is 5.15. The minimum absolute atomic E-state index is 0.300. The molecule has 0 unspecified atom stereocenters. The van der Waals surface area contributed by atoms with Gasteiger partial charge >= 0.3 is 0 Å². The second-order valence-electron chi connectivity index (χ2n) is 3.24. The fraction of sp³-hybridized carbons (Fsp3) is 0.800. The van der Waals surface area contributed by atoms with E-state index in [1.165, 1.54) is 18.5 Å². The molecule has 0 fully saturated rings. The van der Waals surface area contributed by atoms with E-state index in [1.807, 2.05) is 6.92 Å². The van der Waals surface area contributed by atoms with Gasteiger partial charge in [0, 0.05) is 0 Å². The maximum atomic E-state index is 11.3. The largest absolute Gasteiger partial charge is 0.295 e. The first-order valence-corrected chi connectivity index (χ1v) is 7.09. The summed E-state index contributed by atoms with van der Waals surface area (Å²) in [5.41, 5.74) is 0. The third-order valence-electron chi connectivity index (χ3n) is 3.04. The summed E-state index contributed by atoms with van der Waals surface area (Å²) in [5, 5.41) is 1.16. The number of hydrogen-bond acceptors (Lipinski definition) is 1. The van der Waals surface area contributed by atoms with Crippen molar-refractivity contribution in [3.8, 4) is 0 Å². The molecular weight excluding hydrogens is 167 g/mol. The normalized spacial score (nSPS) is 11.4. The lowest BCUT2D eigenvalue weighted by molar-refractivity contribution is -0.110. The van der Waals surface area contributed by atoms with Crippen LogP contribution in [0, 0.1) is 0 Å². The molecule has 0 aromatic rings. The van der Waals surface area contributed by atoms with Gasteiger partial charge in [0.1, 0.15) is 0 Å². The second kappa shape index (κ2) is 4.87. The number of hydrogen-bond donors (Lipinski definition) is 0. The van der Waals surface area contributed by atoms with Crippen LogP contribution < -0.4 is 0 Å². The summed E-state index contributed by atoms with van der Waals surface area (Å²) in [5.74, 6) is 0.300. The molecule has 0 radical (unpaired) electrons. The van der Waals surface area contributed by atoms with Crippen LogP contribution in [0.15, 0.2) is 0 Å². The summed E-state index contributed by atoms with van der Waals surface area (Å²) in [7, 11) is 0. The summed E-state index contributed by atoms with van der Waals surface area (Å²) in [6.07, 6.45) is 3.56. The zero-order valence-electron chi connectivity index (χ0n) is 8.98. The molecule has 1 nitrogen and oxygen atoms in total. The zero-order chi connectivity index (χ0) is 9.78. The minimum atomic E-state index is -1.02. The van der Waals surface area contributed by atoms with E-state index in [4.69, 9.17) is 0 Å². The van der Waals surface area contributed by atoms with Crippen molar-refractivity contribution < 1.29 is 4.79 Å². The van der Waals surface area contributed by atoms with Gasteiger partial charge in [0.15, 0.2) is 5.78 Å². The number of carbonyl (C=O) groups is 1. The molecule has 0 N–H and O–H groups in total. The van der Waals surface area contributed by atoms with Crippen molar-refractivity contribution in [3.63, 3.8) is 0 Å². The SMILES string of the molecule is CCP(CC)(CC)=C(C)C(C)=O. The molecule has 0 heterocycles. The summed E-state index contributed by atoms with van der Waals surface area (Å²) in [6.45, 7) is 9.36. The van der Waals surface area contributed by atoms with E-state index in [9.17, 15) is 4.79 Å². The highest BCUT2D eigenvalue weighted by atomic mass is 31.2. The topological polar surface area (TPSA) is 17.1 Å². The van der Waals surface area contributed by atoms with Crippen molar-refractivity contribution >= 4 is 18.0 Å². The lowest BCUT2D eigenvalue weighted by Crippen LogP contribution is -2.12. The van der Waals surface area contributed by atoms with Gasteiger partial charge in [0.05, 0.1) is 0 Å². The molecule has 0 atom stereocenters. The Kier molecular flexibility index (Phi) is 4.85. The van der Waals surface area contributed by atoms with Crippen LogP contribution in [0.2, 0.25) is 0 Å². The van der Waals surface area contributed by atoms with Gasteiger partial charge in [-0.3, -0.25) is 4.79 Å². The predicted octanol–water partition coefficient (Wildman–Crippen LogP) is 2.85. The Morgan fingerprint density at radius 2 is 1.33 bits per heavy atom. The quantitative estimate of drug-likeness (QED) is 0.620. The van der Waals surface area contributed by atoms with Gasteiger partial charge in [0.2, 0.25) is 0 Å². The molecule has 0 bridgehead atoms. The van der Waals surface area contributed by atoms with Gasteiger partial charge in [-0.2, -0.15) is 0 Å². The molecule has 0 rings (SSSR count). The first-order chi connectivity index (χ1) is 5.54. The van der Waals surface area contributed by atoms with Gasteiger partial charge in [-0.05, 0) is 37.6 Å². The predicted molar refractivity (Wildman–Crippen MR) is 59.9 cm³/mol. The van der Waals surface area contributed by atoms with Gasteiger partial charge in [-0.25, -0.2) is 0 Å². The molecule has 0 aliphatic rings. The molecule has 0 aliphatic heterocycles. The highest BCUT2D eigenvalue weighted by Gasteiger charge is 2.16. The molecule has 0 aromatic heterocycles. The number of carbonyl (C=O) groups excluding carboxylic acids is 1. The van der Waals surface area contributed by atoms with Crippen molar-refractivity contribution in [1.82, 2.24) is 0 Å². The van der Waals surface area contributed by atoms with Crippen molar-refractivity contribution in [2.24, 2.45) is 0 Å². The van der Waals surface area contributed by atoms with Crippen molar-refractivity contribution in [2.45, 2.75) is 34.6 Å². The Balaban J connectivity index is 5.17. The van der Waals surface area contributed by atoms with E-state index in [-0.39, 0.29) is 0 Å². The van der Waals surface area contributed by atoms with Crippen LogP contribution in [0.4, 0.5) is 0 Å². The number of rotatable bonds is 4. The third kappa shape index (κ3) is 2.23. The fourth-order valence-electron chi connectivity index (χ4n) is 1.72. The van der Waals surface area contributed by atoms with Crippen molar-refractivity contribution in [3.05, 3.63) is 0 Å². The van der Waals surface area contributed by atoms with E-state index in [1.54, 1.807) is 6.92 Å². The van der Waals surface area contributed by atoms with Crippen LogP contribution in [0.3, 0.4) is 0 Å². The van der Waals surface area contributed by atoms with Crippen LogP contribution in [0.5, 0.6) is 0 Å².